The van der Waals surface area contributed by atoms with E-state index in [1.54, 1.807) is 6.07 Å². The van der Waals surface area contributed by atoms with E-state index >= 15 is 0 Å². The third-order valence-corrected chi connectivity index (χ3v) is 6.62. The normalized spacial score (nSPS) is 20.4. The van der Waals surface area contributed by atoms with Gasteiger partial charge in [-0.1, -0.05) is 30.3 Å². The summed E-state index contributed by atoms with van der Waals surface area (Å²) in [6.07, 6.45) is 2.20. The number of ketones is 1. The molecular formula is C22H24N2O3S. The lowest BCUT2D eigenvalue weighted by Gasteiger charge is -2.32. The van der Waals surface area contributed by atoms with E-state index < -0.39 is 0 Å². The van der Waals surface area contributed by atoms with Crippen molar-refractivity contribution in [1.82, 2.24) is 10.2 Å². The molecule has 146 valence electrons. The van der Waals surface area contributed by atoms with Gasteiger partial charge in [-0.15, -0.1) is 11.3 Å². The number of fused-ring (bicyclic) bond motifs is 1. The maximum atomic E-state index is 12.8. The van der Waals surface area contributed by atoms with Crippen molar-refractivity contribution in [3.05, 3.63) is 57.8 Å². The average molecular weight is 397 g/mol. The van der Waals surface area contributed by atoms with E-state index in [-0.39, 0.29) is 42.3 Å². The summed E-state index contributed by atoms with van der Waals surface area (Å²) in [6, 6.07) is 11.8. The smallest absolute Gasteiger partial charge is 0.230 e. The number of thiophene rings is 1. The van der Waals surface area contributed by atoms with Crippen molar-refractivity contribution in [2.45, 2.75) is 31.6 Å². The highest BCUT2D eigenvalue weighted by Gasteiger charge is 2.37. The van der Waals surface area contributed by atoms with Gasteiger partial charge in [-0.05, 0) is 41.3 Å². The standard InChI is InChI=1S/C22H24N2O3S/c25-19(20-6-3-11-28-20)7-8-21(26)23-13-15-9-10-24(14-15)22(27)18-12-16-4-1-2-5-17(16)18/h1-6,11,15,18H,7-10,12-14H2,(H,23,26). The first kappa shape index (κ1) is 18.9. The van der Waals surface area contributed by atoms with Crippen LogP contribution in [0.5, 0.6) is 0 Å². The van der Waals surface area contributed by atoms with Crippen molar-refractivity contribution in [2.24, 2.45) is 5.92 Å². The van der Waals surface area contributed by atoms with Crippen LogP contribution < -0.4 is 5.32 Å². The highest BCUT2D eigenvalue weighted by atomic mass is 32.1. The number of amides is 2. The summed E-state index contributed by atoms with van der Waals surface area (Å²) in [5, 5.41) is 4.80. The van der Waals surface area contributed by atoms with Crippen LogP contribution in [0.2, 0.25) is 0 Å². The summed E-state index contributed by atoms with van der Waals surface area (Å²) in [4.78, 5) is 39.4. The number of likely N-dealkylation sites (tertiary alicyclic amines) is 1. The lowest BCUT2D eigenvalue weighted by molar-refractivity contribution is -0.132. The fourth-order valence-corrected chi connectivity index (χ4v) is 4.73. The lowest BCUT2D eigenvalue weighted by atomic mass is 9.77. The molecular weight excluding hydrogens is 372 g/mol. The molecule has 1 aliphatic carbocycles. The van der Waals surface area contributed by atoms with Crippen molar-refractivity contribution in [3.8, 4) is 0 Å². The predicted molar refractivity (Wildman–Crippen MR) is 108 cm³/mol. The van der Waals surface area contributed by atoms with Crippen LogP contribution in [0.15, 0.2) is 41.8 Å². The van der Waals surface area contributed by atoms with Gasteiger partial charge < -0.3 is 10.2 Å². The van der Waals surface area contributed by atoms with E-state index in [1.807, 2.05) is 34.5 Å². The van der Waals surface area contributed by atoms with E-state index in [4.69, 9.17) is 0 Å². The summed E-state index contributed by atoms with van der Waals surface area (Å²) in [6.45, 7) is 2.03. The molecule has 2 aromatic rings. The Morgan fingerprint density at radius 3 is 2.75 bits per heavy atom. The predicted octanol–water partition coefficient (Wildman–Crippen LogP) is 3.02. The Kier molecular flexibility index (Phi) is 5.57. The van der Waals surface area contributed by atoms with Gasteiger partial charge in [0.05, 0.1) is 10.8 Å². The molecule has 1 N–H and O–H groups in total. The van der Waals surface area contributed by atoms with Crippen molar-refractivity contribution < 1.29 is 14.4 Å². The topological polar surface area (TPSA) is 66.5 Å². The van der Waals surface area contributed by atoms with E-state index in [0.29, 0.717) is 18.0 Å². The van der Waals surface area contributed by atoms with Crippen LogP contribution in [0.25, 0.3) is 0 Å². The molecule has 0 saturated carbocycles. The van der Waals surface area contributed by atoms with Gasteiger partial charge in [0.15, 0.2) is 5.78 Å². The molecule has 4 rings (SSSR count). The minimum absolute atomic E-state index is 0.00723. The highest BCUT2D eigenvalue weighted by Crippen LogP contribution is 2.37. The van der Waals surface area contributed by atoms with E-state index in [1.165, 1.54) is 22.5 Å². The van der Waals surface area contributed by atoms with E-state index in [0.717, 1.165) is 19.4 Å². The fraction of sp³-hybridized carbons (Fsp3) is 0.409. The lowest BCUT2D eigenvalue weighted by Crippen LogP contribution is -2.39. The number of carbonyl (C=O) groups is 3. The van der Waals surface area contributed by atoms with Gasteiger partial charge in [0.2, 0.25) is 11.8 Å². The van der Waals surface area contributed by atoms with Gasteiger partial charge in [-0.25, -0.2) is 0 Å². The van der Waals surface area contributed by atoms with Gasteiger partial charge in [0.1, 0.15) is 0 Å². The Morgan fingerprint density at radius 1 is 1.11 bits per heavy atom. The Hall–Kier alpha value is -2.47. The van der Waals surface area contributed by atoms with Crippen LogP contribution in [-0.2, 0) is 16.0 Å². The number of nitrogens with one attached hydrogen (secondary N) is 1. The molecule has 1 aromatic heterocycles. The van der Waals surface area contributed by atoms with Crippen LogP contribution in [0.1, 0.15) is 46.0 Å². The molecule has 1 fully saturated rings. The second-order valence-corrected chi connectivity index (χ2v) is 8.55. The van der Waals surface area contributed by atoms with Crippen LogP contribution in [0.3, 0.4) is 0 Å². The molecule has 1 aliphatic heterocycles. The SMILES string of the molecule is O=C(CCC(=O)c1cccs1)NCC1CCN(C(=O)C2Cc3ccccc32)C1. The number of rotatable bonds is 7. The summed E-state index contributed by atoms with van der Waals surface area (Å²) in [5.41, 5.74) is 2.45. The van der Waals surface area contributed by atoms with Crippen LogP contribution >= 0.6 is 11.3 Å². The second-order valence-electron chi connectivity index (χ2n) is 7.60. The highest BCUT2D eigenvalue weighted by molar-refractivity contribution is 7.12. The quantitative estimate of drug-likeness (QED) is 0.732. The zero-order valence-corrected chi connectivity index (χ0v) is 16.5. The summed E-state index contributed by atoms with van der Waals surface area (Å²) >= 11 is 1.41. The van der Waals surface area contributed by atoms with Crippen LogP contribution in [0, 0.1) is 5.92 Å². The third-order valence-electron chi connectivity index (χ3n) is 5.71. The van der Waals surface area contributed by atoms with Crippen LogP contribution in [-0.4, -0.2) is 42.1 Å². The Bertz CT molecular complexity index is 878. The van der Waals surface area contributed by atoms with Crippen molar-refractivity contribution in [2.75, 3.05) is 19.6 Å². The van der Waals surface area contributed by atoms with Gasteiger partial charge >= 0.3 is 0 Å². The zero-order chi connectivity index (χ0) is 19.5. The molecule has 2 aliphatic rings. The Labute approximate surface area is 168 Å². The number of nitrogens with zero attached hydrogens (tertiary/aromatic N) is 1. The van der Waals surface area contributed by atoms with Gasteiger partial charge in [0.25, 0.3) is 0 Å². The van der Waals surface area contributed by atoms with E-state index in [2.05, 4.69) is 11.4 Å². The first-order chi connectivity index (χ1) is 13.6. The summed E-state index contributed by atoms with van der Waals surface area (Å²) in [7, 11) is 0. The molecule has 2 heterocycles. The molecule has 2 atom stereocenters. The molecule has 2 unspecified atom stereocenters. The molecule has 2 amide bonds. The van der Waals surface area contributed by atoms with Gasteiger partial charge in [0, 0.05) is 32.5 Å². The zero-order valence-electron chi connectivity index (χ0n) is 15.7. The fourth-order valence-electron chi connectivity index (χ4n) is 4.03. The molecule has 6 heteroatoms. The molecule has 1 aromatic carbocycles. The number of Topliss-reactive ketones (excluding diaryl/α,β-unsaturated/α-hetero) is 1. The number of carbonyl (C=O) groups excluding carboxylic acids is 3. The van der Waals surface area contributed by atoms with Gasteiger partial charge in [-0.2, -0.15) is 0 Å². The van der Waals surface area contributed by atoms with Crippen molar-refractivity contribution in [1.29, 1.82) is 0 Å². The monoisotopic (exact) mass is 396 g/mol. The average Bonchev–Trinajstić information content (AvgIpc) is 3.37. The minimum Gasteiger partial charge on any atom is -0.356 e. The number of hydrogen-bond donors (Lipinski definition) is 1. The molecule has 28 heavy (non-hydrogen) atoms. The second kappa shape index (κ2) is 8.27. The Balaban J connectivity index is 1.18. The summed E-state index contributed by atoms with van der Waals surface area (Å²) < 4.78 is 0. The van der Waals surface area contributed by atoms with Gasteiger partial charge in [-0.3, -0.25) is 14.4 Å². The van der Waals surface area contributed by atoms with Crippen molar-refractivity contribution >= 4 is 28.9 Å². The number of hydrogen-bond acceptors (Lipinski definition) is 4. The minimum atomic E-state index is -0.0948. The third kappa shape index (κ3) is 4.02. The Morgan fingerprint density at radius 2 is 1.96 bits per heavy atom. The molecule has 1 saturated heterocycles. The van der Waals surface area contributed by atoms with Crippen LogP contribution in [0.4, 0.5) is 0 Å². The summed E-state index contributed by atoms with van der Waals surface area (Å²) in [5.74, 6) is 0.435. The maximum absolute atomic E-state index is 12.8. The largest absolute Gasteiger partial charge is 0.356 e. The molecule has 5 nitrogen and oxygen atoms in total. The van der Waals surface area contributed by atoms with E-state index in [9.17, 15) is 14.4 Å². The molecule has 0 radical (unpaired) electrons. The maximum Gasteiger partial charge on any atom is 0.230 e. The first-order valence-corrected chi connectivity index (χ1v) is 10.7. The molecule has 0 spiro atoms. The number of benzene rings is 1. The van der Waals surface area contributed by atoms with Crippen molar-refractivity contribution in [3.63, 3.8) is 0 Å². The molecule has 0 bridgehead atoms. The first-order valence-electron chi connectivity index (χ1n) is 9.82.